The number of halogens is 1. The van der Waals surface area contributed by atoms with Gasteiger partial charge in [0.15, 0.2) is 0 Å². The molecule has 0 aromatic carbocycles. The molecule has 0 heterocycles. The molecule has 1 saturated carbocycles. The summed E-state index contributed by atoms with van der Waals surface area (Å²) in [7, 11) is 0. The van der Waals surface area contributed by atoms with E-state index in [9.17, 15) is 14.0 Å². The summed E-state index contributed by atoms with van der Waals surface area (Å²) in [6.07, 6.45) is 5.75. The lowest BCUT2D eigenvalue weighted by molar-refractivity contribution is 0.0616. The second kappa shape index (κ2) is 11.3. The van der Waals surface area contributed by atoms with Gasteiger partial charge in [-0.2, -0.15) is 0 Å². The third-order valence-corrected chi connectivity index (χ3v) is 4.97. The van der Waals surface area contributed by atoms with Gasteiger partial charge in [-0.15, -0.1) is 0 Å². The molecular formula is C20H37FN2O4. The maximum absolute atomic E-state index is 12.1. The van der Waals surface area contributed by atoms with Crippen molar-refractivity contribution in [3.63, 3.8) is 0 Å². The molecule has 2 atom stereocenters. The monoisotopic (exact) mass is 388 g/mol. The van der Waals surface area contributed by atoms with Gasteiger partial charge < -0.3 is 20.1 Å². The lowest BCUT2D eigenvalue weighted by Gasteiger charge is -2.46. The SMILES string of the molecule is CCCCCCOC(=O)NCC1(C)CC(NC(=O)OCCF)CC(C)(C)C1. The first kappa shape index (κ1) is 23.5. The molecule has 0 spiro atoms. The first-order valence-electron chi connectivity index (χ1n) is 10.1. The number of alkyl carbamates (subject to hydrolysis) is 2. The zero-order chi connectivity index (χ0) is 20.3. The van der Waals surface area contributed by atoms with Crippen LogP contribution in [-0.2, 0) is 9.47 Å². The molecule has 2 amide bonds. The number of nitrogens with one attached hydrogen (secondary N) is 2. The highest BCUT2D eigenvalue weighted by molar-refractivity contribution is 5.68. The number of hydrogen-bond donors (Lipinski definition) is 2. The van der Waals surface area contributed by atoms with E-state index in [1.165, 1.54) is 0 Å². The van der Waals surface area contributed by atoms with Crippen molar-refractivity contribution in [2.75, 3.05) is 26.4 Å². The fraction of sp³-hybridized carbons (Fsp3) is 0.900. The molecule has 1 rings (SSSR count). The van der Waals surface area contributed by atoms with Crippen molar-refractivity contribution in [1.82, 2.24) is 10.6 Å². The van der Waals surface area contributed by atoms with Gasteiger partial charge in [0, 0.05) is 12.6 Å². The summed E-state index contributed by atoms with van der Waals surface area (Å²) in [5.74, 6) is 0. The first-order chi connectivity index (χ1) is 12.7. The molecule has 0 radical (unpaired) electrons. The van der Waals surface area contributed by atoms with Crippen molar-refractivity contribution in [3.05, 3.63) is 0 Å². The minimum Gasteiger partial charge on any atom is -0.450 e. The average Bonchev–Trinajstić information content (AvgIpc) is 2.56. The van der Waals surface area contributed by atoms with Crippen LogP contribution in [0.5, 0.6) is 0 Å². The van der Waals surface area contributed by atoms with E-state index in [0.29, 0.717) is 13.2 Å². The van der Waals surface area contributed by atoms with Crippen LogP contribution < -0.4 is 10.6 Å². The molecule has 0 aromatic heterocycles. The molecule has 7 heteroatoms. The summed E-state index contributed by atoms with van der Waals surface area (Å²) >= 11 is 0. The van der Waals surface area contributed by atoms with E-state index in [0.717, 1.165) is 44.9 Å². The van der Waals surface area contributed by atoms with Crippen molar-refractivity contribution >= 4 is 12.2 Å². The summed E-state index contributed by atoms with van der Waals surface area (Å²) in [5.41, 5.74) is -0.155. The van der Waals surface area contributed by atoms with Gasteiger partial charge in [-0.3, -0.25) is 0 Å². The topological polar surface area (TPSA) is 76.7 Å². The third kappa shape index (κ3) is 9.82. The summed E-state index contributed by atoms with van der Waals surface area (Å²) in [6.45, 7) is 8.56. The maximum atomic E-state index is 12.1. The van der Waals surface area contributed by atoms with E-state index >= 15 is 0 Å². The molecule has 2 unspecified atom stereocenters. The van der Waals surface area contributed by atoms with Gasteiger partial charge in [-0.05, 0) is 36.5 Å². The number of ether oxygens (including phenoxy) is 2. The Morgan fingerprint density at radius 2 is 1.74 bits per heavy atom. The number of alkyl halides is 1. The van der Waals surface area contributed by atoms with E-state index in [4.69, 9.17) is 9.47 Å². The van der Waals surface area contributed by atoms with E-state index in [1.54, 1.807) is 0 Å². The summed E-state index contributed by atoms with van der Waals surface area (Å²) in [4.78, 5) is 23.7. The molecule has 0 aromatic rings. The van der Waals surface area contributed by atoms with Gasteiger partial charge in [0.25, 0.3) is 0 Å². The summed E-state index contributed by atoms with van der Waals surface area (Å²) in [5, 5.41) is 5.71. The molecule has 1 aliphatic carbocycles. The zero-order valence-electron chi connectivity index (χ0n) is 17.4. The van der Waals surface area contributed by atoms with Crippen LogP contribution >= 0.6 is 0 Å². The summed E-state index contributed by atoms with van der Waals surface area (Å²) < 4.78 is 22.2. The van der Waals surface area contributed by atoms with Crippen molar-refractivity contribution in [3.8, 4) is 0 Å². The Balaban J connectivity index is 2.46. The Morgan fingerprint density at radius 1 is 1.04 bits per heavy atom. The van der Waals surface area contributed by atoms with Gasteiger partial charge in [0.05, 0.1) is 6.61 Å². The predicted molar refractivity (Wildman–Crippen MR) is 103 cm³/mol. The Hall–Kier alpha value is -1.53. The average molecular weight is 389 g/mol. The third-order valence-electron chi connectivity index (χ3n) is 4.97. The van der Waals surface area contributed by atoms with Crippen LogP contribution in [0.15, 0.2) is 0 Å². The van der Waals surface area contributed by atoms with Crippen LogP contribution in [0.2, 0.25) is 0 Å². The van der Waals surface area contributed by atoms with Crippen LogP contribution in [0.3, 0.4) is 0 Å². The van der Waals surface area contributed by atoms with Crippen molar-refractivity contribution in [2.24, 2.45) is 10.8 Å². The molecule has 0 bridgehead atoms. The van der Waals surface area contributed by atoms with Crippen LogP contribution in [0.25, 0.3) is 0 Å². The molecule has 158 valence electrons. The van der Waals surface area contributed by atoms with E-state index in [1.807, 2.05) is 0 Å². The fourth-order valence-electron chi connectivity index (χ4n) is 4.24. The number of unbranched alkanes of at least 4 members (excludes halogenated alkanes) is 3. The van der Waals surface area contributed by atoms with Gasteiger partial charge >= 0.3 is 12.2 Å². The van der Waals surface area contributed by atoms with Crippen LogP contribution in [0.4, 0.5) is 14.0 Å². The Bertz CT molecular complexity index is 473. The van der Waals surface area contributed by atoms with E-state index in [-0.39, 0.29) is 29.6 Å². The van der Waals surface area contributed by atoms with Gasteiger partial charge in [0.1, 0.15) is 13.3 Å². The second-order valence-electron chi connectivity index (χ2n) is 8.78. The zero-order valence-corrected chi connectivity index (χ0v) is 17.4. The van der Waals surface area contributed by atoms with E-state index in [2.05, 4.69) is 38.3 Å². The maximum Gasteiger partial charge on any atom is 0.407 e. The number of hydrogen-bond acceptors (Lipinski definition) is 4. The number of carbonyl (C=O) groups excluding carboxylic acids is 2. The van der Waals surface area contributed by atoms with Crippen LogP contribution in [0.1, 0.15) is 72.6 Å². The quantitative estimate of drug-likeness (QED) is 0.537. The Morgan fingerprint density at radius 3 is 2.41 bits per heavy atom. The molecule has 2 N–H and O–H groups in total. The van der Waals surface area contributed by atoms with Gasteiger partial charge in [-0.25, -0.2) is 14.0 Å². The predicted octanol–water partition coefficient (Wildman–Crippen LogP) is 4.57. The molecule has 0 saturated heterocycles. The largest absolute Gasteiger partial charge is 0.450 e. The molecular weight excluding hydrogens is 351 g/mol. The normalized spacial score (nSPS) is 24.1. The lowest BCUT2D eigenvalue weighted by atomic mass is 9.62. The molecule has 27 heavy (non-hydrogen) atoms. The van der Waals surface area contributed by atoms with Crippen molar-refractivity contribution in [2.45, 2.75) is 78.7 Å². The molecule has 6 nitrogen and oxygen atoms in total. The Kier molecular flexibility index (Phi) is 9.88. The molecule has 0 aliphatic heterocycles. The highest BCUT2D eigenvalue weighted by Gasteiger charge is 2.42. The van der Waals surface area contributed by atoms with Crippen molar-refractivity contribution < 1.29 is 23.5 Å². The first-order valence-corrected chi connectivity index (χ1v) is 10.1. The molecule has 1 aliphatic rings. The van der Waals surface area contributed by atoms with Gasteiger partial charge in [-0.1, -0.05) is 47.0 Å². The number of carbonyl (C=O) groups is 2. The lowest BCUT2D eigenvalue weighted by Crippen LogP contribution is -2.50. The fourth-order valence-corrected chi connectivity index (χ4v) is 4.24. The molecule has 1 fully saturated rings. The standard InChI is InChI=1S/C20H37FN2O4/c1-5-6-7-8-10-26-17(24)22-15-20(4)13-16(12-19(2,3)14-20)23-18(25)27-11-9-21/h16H,5-15H2,1-4H3,(H,22,24)(H,23,25). The highest BCUT2D eigenvalue weighted by atomic mass is 19.1. The smallest absolute Gasteiger partial charge is 0.407 e. The highest BCUT2D eigenvalue weighted by Crippen LogP contribution is 2.45. The van der Waals surface area contributed by atoms with Gasteiger partial charge in [0.2, 0.25) is 0 Å². The van der Waals surface area contributed by atoms with Crippen LogP contribution in [0, 0.1) is 10.8 Å². The van der Waals surface area contributed by atoms with E-state index < -0.39 is 12.8 Å². The minimum atomic E-state index is -0.689. The van der Waals surface area contributed by atoms with Crippen molar-refractivity contribution in [1.29, 1.82) is 0 Å². The second-order valence-corrected chi connectivity index (χ2v) is 8.78. The minimum absolute atomic E-state index is 0.0107. The number of amides is 2. The van der Waals surface area contributed by atoms with Crippen LogP contribution in [-0.4, -0.2) is 44.7 Å². The summed E-state index contributed by atoms with van der Waals surface area (Å²) in [6, 6.07) is -0.0716. The number of rotatable bonds is 10. The Labute approximate surface area is 162 Å².